The lowest BCUT2D eigenvalue weighted by Gasteiger charge is -2.07. The smallest absolute Gasteiger partial charge is 0.271 e. The summed E-state index contributed by atoms with van der Waals surface area (Å²) in [6.07, 6.45) is 1.81. The second-order valence-electron chi connectivity index (χ2n) is 5.66. The Kier molecular flexibility index (Phi) is 5.71. The summed E-state index contributed by atoms with van der Waals surface area (Å²) in [5.41, 5.74) is 5.61. The SMILES string of the molecule is C/C(=N\NC(=O)c1ccc(COc2ccc(Cl)cc2)cc1)c1ccc[nH]1. The Hall–Kier alpha value is -3.05. The highest BCUT2D eigenvalue weighted by Crippen LogP contribution is 2.17. The molecule has 0 spiro atoms. The van der Waals surface area contributed by atoms with E-state index in [1.807, 2.05) is 43.3 Å². The highest BCUT2D eigenvalue weighted by molar-refractivity contribution is 6.30. The van der Waals surface area contributed by atoms with Gasteiger partial charge in [-0.25, -0.2) is 5.43 Å². The third-order valence-electron chi connectivity index (χ3n) is 3.75. The lowest BCUT2D eigenvalue weighted by Crippen LogP contribution is -2.19. The van der Waals surface area contributed by atoms with Crippen molar-refractivity contribution in [2.45, 2.75) is 13.5 Å². The van der Waals surface area contributed by atoms with E-state index in [1.54, 1.807) is 30.5 Å². The Bertz CT molecular complexity index is 886. The molecular weight excluding hydrogens is 350 g/mol. The lowest BCUT2D eigenvalue weighted by molar-refractivity contribution is 0.0955. The van der Waals surface area contributed by atoms with Crippen LogP contribution in [-0.4, -0.2) is 16.6 Å². The van der Waals surface area contributed by atoms with Crippen LogP contribution in [0, 0.1) is 0 Å². The van der Waals surface area contributed by atoms with Gasteiger partial charge in [0.1, 0.15) is 12.4 Å². The average Bonchev–Trinajstić information content (AvgIpc) is 3.21. The number of amides is 1. The molecule has 0 aliphatic heterocycles. The summed E-state index contributed by atoms with van der Waals surface area (Å²) in [6, 6.07) is 18.1. The highest BCUT2D eigenvalue weighted by atomic mass is 35.5. The van der Waals surface area contributed by atoms with Crippen molar-refractivity contribution >= 4 is 23.2 Å². The molecule has 6 heteroatoms. The van der Waals surface area contributed by atoms with Crippen molar-refractivity contribution in [2.75, 3.05) is 0 Å². The van der Waals surface area contributed by atoms with Crippen LogP contribution in [0.2, 0.25) is 5.02 Å². The molecule has 0 bridgehead atoms. The molecule has 1 amide bonds. The van der Waals surface area contributed by atoms with E-state index >= 15 is 0 Å². The van der Waals surface area contributed by atoms with E-state index in [0.717, 1.165) is 17.0 Å². The maximum atomic E-state index is 12.2. The van der Waals surface area contributed by atoms with E-state index in [4.69, 9.17) is 16.3 Å². The molecule has 2 N–H and O–H groups in total. The standard InChI is InChI=1S/C20H18ClN3O2/c1-14(19-3-2-12-22-19)23-24-20(25)16-6-4-15(5-7-16)13-26-18-10-8-17(21)9-11-18/h2-12,22H,13H2,1H3,(H,24,25)/b23-14+. The molecule has 1 aromatic heterocycles. The number of halogens is 1. The Morgan fingerprint density at radius 1 is 1.12 bits per heavy atom. The molecular formula is C20H18ClN3O2. The second-order valence-corrected chi connectivity index (χ2v) is 6.10. The summed E-state index contributed by atoms with van der Waals surface area (Å²) in [5, 5.41) is 4.77. The van der Waals surface area contributed by atoms with E-state index < -0.39 is 0 Å². The normalized spacial score (nSPS) is 11.2. The molecule has 0 saturated carbocycles. The lowest BCUT2D eigenvalue weighted by atomic mass is 10.1. The van der Waals surface area contributed by atoms with E-state index in [0.29, 0.717) is 22.9 Å². The van der Waals surface area contributed by atoms with Crippen molar-refractivity contribution < 1.29 is 9.53 Å². The fraction of sp³-hybridized carbons (Fsp3) is 0.100. The van der Waals surface area contributed by atoms with Crippen LogP contribution in [0.15, 0.2) is 72.0 Å². The quantitative estimate of drug-likeness (QED) is 0.501. The van der Waals surface area contributed by atoms with Crippen LogP contribution in [0.4, 0.5) is 0 Å². The zero-order valence-electron chi connectivity index (χ0n) is 14.2. The van der Waals surface area contributed by atoms with E-state index in [-0.39, 0.29) is 5.91 Å². The minimum absolute atomic E-state index is 0.263. The molecule has 0 saturated heterocycles. The molecule has 3 aromatic rings. The van der Waals surface area contributed by atoms with E-state index in [2.05, 4.69) is 15.5 Å². The topological polar surface area (TPSA) is 66.5 Å². The van der Waals surface area contributed by atoms with Gasteiger partial charge in [0.15, 0.2) is 0 Å². The number of H-pyrrole nitrogens is 1. The minimum atomic E-state index is -0.263. The molecule has 0 aliphatic rings. The van der Waals surface area contributed by atoms with Crippen molar-refractivity contribution in [3.05, 3.63) is 88.7 Å². The number of carbonyl (C=O) groups is 1. The molecule has 0 atom stereocenters. The molecule has 0 radical (unpaired) electrons. The maximum Gasteiger partial charge on any atom is 0.271 e. The average molecular weight is 368 g/mol. The predicted molar refractivity (Wildman–Crippen MR) is 103 cm³/mol. The number of hydrogen-bond donors (Lipinski definition) is 2. The molecule has 2 aromatic carbocycles. The summed E-state index contributed by atoms with van der Waals surface area (Å²) in [6.45, 7) is 2.23. The molecule has 3 rings (SSSR count). The second kappa shape index (κ2) is 8.36. The molecule has 0 fully saturated rings. The van der Waals surface area contributed by atoms with Crippen LogP contribution in [0.5, 0.6) is 5.75 Å². The van der Waals surface area contributed by atoms with Crippen LogP contribution in [0.25, 0.3) is 0 Å². The monoisotopic (exact) mass is 367 g/mol. The third-order valence-corrected chi connectivity index (χ3v) is 4.00. The van der Waals surface area contributed by atoms with Gasteiger partial charge in [-0.15, -0.1) is 0 Å². The summed E-state index contributed by atoms with van der Waals surface area (Å²) < 4.78 is 5.68. The molecule has 5 nitrogen and oxygen atoms in total. The van der Waals surface area contributed by atoms with Crippen molar-refractivity contribution in [1.29, 1.82) is 0 Å². The van der Waals surface area contributed by atoms with Gasteiger partial charge < -0.3 is 9.72 Å². The number of carbonyl (C=O) groups excluding carboxylic acids is 1. The van der Waals surface area contributed by atoms with E-state index in [9.17, 15) is 4.79 Å². The van der Waals surface area contributed by atoms with Gasteiger partial charge in [-0.3, -0.25) is 4.79 Å². The van der Waals surface area contributed by atoms with Crippen molar-refractivity contribution in [1.82, 2.24) is 10.4 Å². The van der Waals surface area contributed by atoms with Crippen molar-refractivity contribution in [3.8, 4) is 5.75 Å². The van der Waals surface area contributed by atoms with Crippen LogP contribution >= 0.6 is 11.6 Å². The number of nitrogens with zero attached hydrogens (tertiary/aromatic N) is 1. The Morgan fingerprint density at radius 3 is 2.50 bits per heavy atom. The van der Waals surface area contributed by atoms with Crippen LogP contribution < -0.4 is 10.2 Å². The third kappa shape index (κ3) is 4.74. The number of hydrogen-bond acceptors (Lipinski definition) is 3. The molecule has 1 heterocycles. The Morgan fingerprint density at radius 2 is 1.85 bits per heavy atom. The van der Waals surface area contributed by atoms with Crippen LogP contribution in [-0.2, 0) is 6.61 Å². The number of rotatable bonds is 6. The highest BCUT2D eigenvalue weighted by Gasteiger charge is 2.06. The summed E-state index contributed by atoms with van der Waals surface area (Å²) in [7, 11) is 0. The number of aromatic amines is 1. The fourth-order valence-electron chi connectivity index (χ4n) is 2.26. The van der Waals surface area contributed by atoms with Gasteiger partial charge in [-0.2, -0.15) is 5.10 Å². The first-order chi connectivity index (χ1) is 12.6. The summed E-state index contributed by atoms with van der Waals surface area (Å²) in [5.74, 6) is 0.478. The molecule has 0 aliphatic carbocycles. The van der Waals surface area contributed by atoms with Crippen molar-refractivity contribution in [2.24, 2.45) is 5.10 Å². The number of aromatic nitrogens is 1. The zero-order chi connectivity index (χ0) is 18.4. The summed E-state index contributed by atoms with van der Waals surface area (Å²) >= 11 is 5.85. The van der Waals surface area contributed by atoms with Crippen molar-refractivity contribution in [3.63, 3.8) is 0 Å². The summed E-state index contributed by atoms with van der Waals surface area (Å²) in [4.78, 5) is 15.2. The Labute approximate surface area is 156 Å². The van der Waals surface area contributed by atoms with Gasteiger partial charge in [-0.05, 0) is 61.0 Å². The van der Waals surface area contributed by atoms with Gasteiger partial charge in [0.05, 0.1) is 11.4 Å². The van der Waals surface area contributed by atoms with Crippen LogP contribution in [0.3, 0.4) is 0 Å². The fourth-order valence-corrected chi connectivity index (χ4v) is 2.39. The first-order valence-corrected chi connectivity index (χ1v) is 8.45. The zero-order valence-corrected chi connectivity index (χ0v) is 15.0. The minimum Gasteiger partial charge on any atom is -0.489 e. The number of nitrogens with one attached hydrogen (secondary N) is 2. The predicted octanol–water partition coefficient (Wildman–Crippen LogP) is 4.40. The molecule has 26 heavy (non-hydrogen) atoms. The molecule has 0 unspecified atom stereocenters. The number of hydrazone groups is 1. The molecule has 132 valence electrons. The van der Waals surface area contributed by atoms with Gasteiger partial charge in [0, 0.05) is 16.8 Å². The largest absolute Gasteiger partial charge is 0.489 e. The van der Waals surface area contributed by atoms with Gasteiger partial charge in [-0.1, -0.05) is 23.7 Å². The number of ether oxygens (including phenoxy) is 1. The Balaban J connectivity index is 1.55. The van der Waals surface area contributed by atoms with Gasteiger partial charge in [0.25, 0.3) is 5.91 Å². The first-order valence-electron chi connectivity index (χ1n) is 8.07. The van der Waals surface area contributed by atoms with Gasteiger partial charge >= 0.3 is 0 Å². The maximum absolute atomic E-state index is 12.2. The van der Waals surface area contributed by atoms with E-state index in [1.165, 1.54) is 0 Å². The van der Waals surface area contributed by atoms with Gasteiger partial charge in [0.2, 0.25) is 0 Å². The first kappa shape index (κ1) is 17.8. The van der Waals surface area contributed by atoms with Crippen LogP contribution in [0.1, 0.15) is 28.5 Å². The number of benzene rings is 2.